The molecule has 1 heterocycles. The van der Waals surface area contributed by atoms with E-state index in [9.17, 15) is 4.79 Å². The number of hydrogen-bond acceptors (Lipinski definition) is 3. The Bertz CT molecular complexity index is 252. The molecule has 0 aromatic rings. The zero-order chi connectivity index (χ0) is 12.9. The molecular formula is C13H26N2OS. The van der Waals surface area contributed by atoms with Crippen molar-refractivity contribution in [1.82, 2.24) is 10.2 Å². The molecule has 1 saturated heterocycles. The molecule has 0 aliphatic carbocycles. The first-order valence-electron chi connectivity index (χ1n) is 6.54. The van der Waals surface area contributed by atoms with Crippen LogP contribution >= 0.6 is 11.8 Å². The summed E-state index contributed by atoms with van der Waals surface area (Å²) in [7, 11) is 1.96. The second-order valence-electron chi connectivity index (χ2n) is 5.18. The smallest absolute Gasteiger partial charge is 0.230 e. The summed E-state index contributed by atoms with van der Waals surface area (Å²) < 4.78 is 0. The van der Waals surface area contributed by atoms with Crippen LogP contribution in [0.15, 0.2) is 0 Å². The molecule has 0 saturated carbocycles. The first-order valence-corrected chi connectivity index (χ1v) is 7.93. The van der Waals surface area contributed by atoms with Crippen LogP contribution < -0.4 is 5.32 Å². The molecule has 1 aliphatic heterocycles. The van der Waals surface area contributed by atoms with E-state index in [0.717, 1.165) is 38.1 Å². The minimum Gasteiger partial charge on any atom is -0.342 e. The molecule has 0 radical (unpaired) electrons. The predicted octanol–water partition coefficient (Wildman–Crippen LogP) is 1.98. The van der Waals surface area contributed by atoms with Crippen LogP contribution in [0.1, 0.15) is 33.1 Å². The predicted molar refractivity (Wildman–Crippen MR) is 75.4 cm³/mol. The van der Waals surface area contributed by atoms with E-state index in [4.69, 9.17) is 0 Å². The van der Waals surface area contributed by atoms with E-state index in [1.165, 1.54) is 0 Å². The van der Waals surface area contributed by atoms with Crippen molar-refractivity contribution in [2.24, 2.45) is 5.41 Å². The monoisotopic (exact) mass is 258 g/mol. The lowest BCUT2D eigenvalue weighted by Gasteiger charge is -2.34. The second kappa shape index (κ2) is 6.64. The molecule has 1 aliphatic rings. The van der Waals surface area contributed by atoms with Crippen molar-refractivity contribution in [3.63, 3.8) is 0 Å². The van der Waals surface area contributed by atoms with Gasteiger partial charge in [-0.1, -0.05) is 13.3 Å². The molecule has 0 aromatic heterocycles. The van der Waals surface area contributed by atoms with E-state index in [0.29, 0.717) is 11.9 Å². The Kier molecular flexibility index (Phi) is 5.80. The summed E-state index contributed by atoms with van der Waals surface area (Å²) in [6.07, 6.45) is 5.18. The van der Waals surface area contributed by atoms with Gasteiger partial charge in [-0.25, -0.2) is 0 Å². The summed E-state index contributed by atoms with van der Waals surface area (Å²) in [4.78, 5) is 14.6. The summed E-state index contributed by atoms with van der Waals surface area (Å²) in [5.41, 5.74) is -0.129. The minimum atomic E-state index is -0.129. The highest BCUT2D eigenvalue weighted by Gasteiger charge is 2.42. The van der Waals surface area contributed by atoms with E-state index in [2.05, 4.69) is 25.4 Å². The molecule has 17 heavy (non-hydrogen) atoms. The Labute approximate surface area is 110 Å². The maximum Gasteiger partial charge on any atom is 0.230 e. The van der Waals surface area contributed by atoms with Crippen LogP contribution in [0.3, 0.4) is 0 Å². The Morgan fingerprint density at radius 2 is 2.29 bits per heavy atom. The minimum absolute atomic E-state index is 0.129. The fraction of sp³-hybridized carbons (Fsp3) is 0.923. The third-order valence-electron chi connectivity index (χ3n) is 3.82. The van der Waals surface area contributed by atoms with Crippen molar-refractivity contribution >= 4 is 17.7 Å². The molecule has 3 nitrogen and oxygen atoms in total. The SMILES string of the molecule is CCCC1(C(=O)N(C)C(C)CSC)CCNC1. The molecule has 0 spiro atoms. The number of rotatable bonds is 6. The molecule has 100 valence electrons. The van der Waals surface area contributed by atoms with E-state index in [-0.39, 0.29) is 5.41 Å². The molecule has 0 bridgehead atoms. The highest BCUT2D eigenvalue weighted by Crippen LogP contribution is 2.33. The zero-order valence-corrected chi connectivity index (χ0v) is 12.4. The quantitative estimate of drug-likeness (QED) is 0.790. The first kappa shape index (κ1) is 14.8. The van der Waals surface area contributed by atoms with Crippen LogP contribution in [0.4, 0.5) is 0 Å². The van der Waals surface area contributed by atoms with Gasteiger partial charge < -0.3 is 10.2 Å². The highest BCUT2D eigenvalue weighted by molar-refractivity contribution is 7.98. The van der Waals surface area contributed by atoms with E-state index >= 15 is 0 Å². The zero-order valence-electron chi connectivity index (χ0n) is 11.6. The van der Waals surface area contributed by atoms with Gasteiger partial charge in [-0.3, -0.25) is 4.79 Å². The molecule has 1 rings (SSSR count). The van der Waals surface area contributed by atoms with Crippen LogP contribution in [0.5, 0.6) is 0 Å². The van der Waals surface area contributed by atoms with Gasteiger partial charge in [0.25, 0.3) is 0 Å². The largest absolute Gasteiger partial charge is 0.342 e. The van der Waals surface area contributed by atoms with Gasteiger partial charge in [0.05, 0.1) is 5.41 Å². The number of amides is 1. The van der Waals surface area contributed by atoms with Crippen LogP contribution in [-0.4, -0.2) is 49.0 Å². The van der Waals surface area contributed by atoms with Crippen molar-refractivity contribution in [3.8, 4) is 0 Å². The summed E-state index contributed by atoms with van der Waals surface area (Å²) in [6, 6.07) is 0.326. The van der Waals surface area contributed by atoms with Gasteiger partial charge in [0, 0.05) is 25.4 Å². The lowest BCUT2D eigenvalue weighted by Crippen LogP contribution is -2.47. The first-order chi connectivity index (χ1) is 8.07. The van der Waals surface area contributed by atoms with Crippen molar-refractivity contribution in [1.29, 1.82) is 0 Å². The normalized spacial score (nSPS) is 25.9. The van der Waals surface area contributed by atoms with Gasteiger partial charge in [0.2, 0.25) is 5.91 Å². The average Bonchev–Trinajstić information content (AvgIpc) is 2.77. The van der Waals surface area contributed by atoms with Crippen LogP contribution in [0.25, 0.3) is 0 Å². The molecule has 2 unspecified atom stereocenters. The molecule has 1 fully saturated rings. The molecular weight excluding hydrogens is 232 g/mol. The Hall–Kier alpha value is -0.220. The summed E-state index contributed by atoms with van der Waals surface area (Å²) >= 11 is 1.80. The number of carbonyl (C=O) groups excluding carboxylic acids is 1. The summed E-state index contributed by atoms with van der Waals surface area (Å²) in [5.74, 6) is 1.35. The molecule has 1 N–H and O–H groups in total. The highest BCUT2D eigenvalue weighted by atomic mass is 32.2. The van der Waals surface area contributed by atoms with Crippen LogP contribution in [-0.2, 0) is 4.79 Å². The van der Waals surface area contributed by atoms with Crippen molar-refractivity contribution in [2.45, 2.75) is 39.2 Å². The van der Waals surface area contributed by atoms with Gasteiger partial charge in [0.1, 0.15) is 0 Å². The maximum atomic E-state index is 12.7. The van der Waals surface area contributed by atoms with Crippen molar-refractivity contribution in [3.05, 3.63) is 0 Å². The average molecular weight is 258 g/mol. The van der Waals surface area contributed by atoms with Crippen molar-refractivity contribution in [2.75, 3.05) is 32.1 Å². The standard InChI is InChI=1S/C13H26N2OS/c1-5-6-13(7-8-14-10-13)12(16)15(3)11(2)9-17-4/h11,14H,5-10H2,1-4H3. The number of nitrogens with one attached hydrogen (secondary N) is 1. The Balaban J connectivity index is 2.70. The van der Waals surface area contributed by atoms with Gasteiger partial charge >= 0.3 is 0 Å². The fourth-order valence-electron chi connectivity index (χ4n) is 2.65. The topological polar surface area (TPSA) is 32.3 Å². The molecule has 1 amide bonds. The fourth-order valence-corrected chi connectivity index (χ4v) is 3.36. The lowest BCUT2D eigenvalue weighted by atomic mass is 9.81. The summed E-state index contributed by atoms with van der Waals surface area (Å²) in [5, 5.41) is 3.35. The number of nitrogens with zero attached hydrogens (tertiary/aromatic N) is 1. The Morgan fingerprint density at radius 1 is 1.59 bits per heavy atom. The molecule has 4 heteroatoms. The Morgan fingerprint density at radius 3 is 2.76 bits per heavy atom. The van der Waals surface area contributed by atoms with E-state index < -0.39 is 0 Å². The third-order valence-corrected chi connectivity index (χ3v) is 4.63. The van der Waals surface area contributed by atoms with Crippen LogP contribution in [0, 0.1) is 5.41 Å². The second-order valence-corrected chi connectivity index (χ2v) is 6.09. The summed E-state index contributed by atoms with van der Waals surface area (Å²) in [6.45, 7) is 6.14. The van der Waals surface area contributed by atoms with Gasteiger partial charge in [-0.05, 0) is 32.6 Å². The molecule has 2 atom stereocenters. The van der Waals surface area contributed by atoms with E-state index in [1.807, 2.05) is 11.9 Å². The van der Waals surface area contributed by atoms with Gasteiger partial charge in [0.15, 0.2) is 0 Å². The van der Waals surface area contributed by atoms with Gasteiger partial charge in [-0.15, -0.1) is 0 Å². The third kappa shape index (κ3) is 3.38. The lowest BCUT2D eigenvalue weighted by molar-refractivity contribution is -0.141. The van der Waals surface area contributed by atoms with E-state index in [1.54, 1.807) is 11.8 Å². The maximum absolute atomic E-state index is 12.7. The van der Waals surface area contributed by atoms with Gasteiger partial charge in [-0.2, -0.15) is 11.8 Å². The van der Waals surface area contributed by atoms with Crippen molar-refractivity contribution < 1.29 is 4.79 Å². The number of carbonyl (C=O) groups is 1. The van der Waals surface area contributed by atoms with Crippen LogP contribution in [0.2, 0.25) is 0 Å². The molecule has 0 aromatic carbocycles. The number of thioether (sulfide) groups is 1. The number of hydrogen-bond donors (Lipinski definition) is 1.